The predicted molar refractivity (Wildman–Crippen MR) is 77.9 cm³/mol. The van der Waals surface area contributed by atoms with Gasteiger partial charge in [0.2, 0.25) is 0 Å². The molecule has 4 heteroatoms. The Kier molecular flexibility index (Phi) is 8.98. The fourth-order valence-corrected chi connectivity index (χ4v) is 1.56. The van der Waals surface area contributed by atoms with Gasteiger partial charge in [0.25, 0.3) is 0 Å². The topological polar surface area (TPSA) is 3.24 Å². The maximum absolute atomic E-state index is 4.06. The average Bonchev–Trinajstić information content (AvgIpc) is 2.17. The SMILES string of the molecule is [CH2-][N+](C)(C)Cc1[c-]c(CN(C)C)ccc1.[I][Au]. The molecule has 102 valence electrons. The van der Waals surface area contributed by atoms with Crippen LogP contribution >= 0.6 is 19.0 Å². The fraction of sp³-hybridized carbons (Fsp3) is 0.462. The number of nitrogens with zero attached hydrogens (tertiary/aromatic N) is 2. The minimum atomic E-state index is 0.696. The molecule has 0 radical (unpaired) electrons. The Balaban J connectivity index is 0.00000121. The summed E-state index contributed by atoms with van der Waals surface area (Å²) in [5, 5.41) is 0. The molecule has 0 aliphatic carbocycles. The van der Waals surface area contributed by atoms with Crippen LogP contribution < -0.4 is 0 Å². The van der Waals surface area contributed by atoms with Crippen molar-refractivity contribution < 1.29 is 21.7 Å². The van der Waals surface area contributed by atoms with Crippen LogP contribution in [0.4, 0.5) is 0 Å². The average molecular weight is 529 g/mol. The van der Waals surface area contributed by atoms with E-state index in [1.807, 2.05) is 0 Å². The second-order valence-electron chi connectivity index (χ2n) is 5.03. The molecule has 0 N–H and O–H groups in total. The maximum atomic E-state index is 4.06. The van der Waals surface area contributed by atoms with E-state index in [4.69, 9.17) is 0 Å². The number of benzene rings is 1. The third-order valence-electron chi connectivity index (χ3n) is 2.00. The summed E-state index contributed by atoms with van der Waals surface area (Å²) >= 11 is 4.34. The van der Waals surface area contributed by atoms with Crippen molar-refractivity contribution in [2.24, 2.45) is 0 Å². The normalized spacial score (nSPS) is 11.1. The van der Waals surface area contributed by atoms with Crippen molar-refractivity contribution in [3.05, 3.63) is 42.4 Å². The van der Waals surface area contributed by atoms with Crippen LogP contribution in [-0.4, -0.2) is 37.6 Å². The Labute approximate surface area is 128 Å². The summed E-state index contributed by atoms with van der Waals surface area (Å²) in [5.74, 6) is 0. The molecule has 1 aromatic carbocycles. The Bertz CT molecular complexity index is 321. The van der Waals surface area contributed by atoms with Gasteiger partial charge in [-0.1, -0.05) is 0 Å². The van der Waals surface area contributed by atoms with Crippen LogP contribution in [0.3, 0.4) is 0 Å². The molecule has 0 fully saturated rings. The zero-order valence-electron chi connectivity index (χ0n) is 10.9. The first-order valence-corrected chi connectivity index (χ1v) is 11.4. The summed E-state index contributed by atoms with van der Waals surface area (Å²) in [7, 11) is 12.4. The van der Waals surface area contributed by atoms with E-state index in [2.05, 4.69) is 101 Å². The minimum absolute atomic E-state index is 0.696. The standard InChI is InChI=1S/C13H21N2.Au.HI/c1-14(2)10-12-7-6-8-13(9-12)11-15(3,4)5;;/h6-8H,3,10-11H2,1-2,4-5H3;;1H/q-1;+1;/p-1. The Hall–Kier alpha value is 0.610. The number of rotatable bonds is 4. The second kappa shape index (κ2) is 8.67. The van der Waals surface area contributed by atoms with Gasteiger partial charge in [-0.2, -0.15) is 24.3 Å². The molecule has 0 unspecified atom stereocenters. The molecule has 1 rings (SSSR count). The third-order valence-corrected chi connectivity index (χ3v) is 2.00. The summed E-state index contributed by atoms with van der Waals surface area (Å²) in [6, 6.07) is 9.77. The molecular weight excluding hydrogens is 508 g/mol. The van der Waals surface area contributed by atoms with Gasteiger partial charge in [0.1, 0.15) is 0 Å². The quantitative estimate of drug-likeness (QED) is 0.251. The van der Waals surface area contributed by atoms with E-state index in [0.29, 0.717) is 4.48 Å². The first kappa shape index (κ1) is 17.6. The summed E-state index contributed by atoms with van der Waals surface area (Å²) in [4.78, 5) is 2.15. The zero-order valence-corrected chi connectivity index (χ0v) is 15.3. The van der Waals surface area contributed by atoms with Gasteiger partial charge in [-0.25, -0.2) is 0 Å². The summed E-state index contributed by atoms with van der Waals surface area (Å²) in [5.41, 5.74) is 2.47. The molecule has 0 heterocycles. The van der Waals surface area contributed by atoms with Gasteiger partial charge in [-0.3, -0.25) is 0 Å². The Morgan fingerprint density at radius 1 is 1.29 bits per heavy atom. The van der Waals surface area contributed by atoms with E-state index in [0.717, 1.165) is 13.1 Å². The van der Waals surface area contributed by atoms with Crippen molar-refractivity contribution in [3.8, 4) is 0 Å². The van der Waals surface area contributed by atoms with Gasteiger partial charge in [-0.05, 0) is 14.1 Å². The van der Waals surface area contributed by atoms with Crippen molar-refractivity contribution in [1.29, 1.82) is 0 Å². The van der Waals surface area contributed by atoms with Crippen LogP contribution in [0.5, 0.6) is 0 Å². The van der Waals surface area contributed by atoms with E-state index >= 15 is 0 Å². The first-order chi connectivity index (χ1) is 7.87. The van der Waals surface area contributed by atoms with Crippen molar-refractivity contribution in [3.63, 3.8) is 0 Å². The molecule has 0 bridgehead atoms. The molecule has 2 nitrogen and oxygen atoms in total. The van der Waals surface area contributed by atoms with Gasteiger partial charge in [0, 0.05) is 20.6 Å². The molecule has 1 aromatic rings. The van der Waals surface area contributed by atoms with Gasteiger partial charge in [0.15, 0.2) is 0 Å². The van der Waals surface area contributed by atoms with E-state index in [1.165, 1.54) is 11.1 Å². The molecule has 0 amide bonds. The summed E-state index contributed by atoms with van der Waals surface area (Å²) in [6.45, 7) is 1.86. The van der Waals surface area contributed by atoms with Crippen LogP contribution in [0.25, 0.3) is 0 Å². The van der Waals surface area contributed by atoms with E-state index in [1.54, 1.807) is 0 Å². The van der Waals surface area contributed by atoms with Crippen LogP contribution in [0, 0.1) is 13.1 Å². The van der Waals surface area contributed by atoms with Gasteiger partial charge in [-0.15, -0.1) is 18.2 Å². The summed E-state index contributed by atoms with van der Waals surface area (Å²) < 4.78 is 0.696. The number of quaternary nitrogens is 1. The van der Waals surface area contributed by atoms with Gasteiger partial charge in [0.05, 0.1) is 6.54 Å². The van der Waals surface area contributed by atoms with E-state index in [-0.39, 0.29) is 0 Å². The van der Waals surface area contributed by atoms with E-state index in [9.17, 15) is 0 Å². The third kappa shape index (κ3) is 9.22. The molecule has 0 atom stereocenters. The van der Waals surface area contributed by atoms with Gasteiger partial charge >= 0.3 is 36.3 Å². The Morgan fingerprint density at radius 3 is 2.29 bits per heavy atom. The Morgan fingerprint density at radius 2 is 1.82 bits per heavy atom. The number of halogens is 1. The van der Waals surface area contributed by atoms with Crippen molar-refractivity contribution in [1.82, 2.24) is 4.90 Å². The molecular formula is C13H21AuIN2-. The molecule has 17 heavy (non-hydrogen) atoms. The summed E-state index contributed by atoms with van der Waals surface area (Å²) in [6.07, 6.45) is 0. The second-order valence-corrected chi connectivity index (χ2v) is 5.03. The fourth-order valence-electron chi connectivity index (χ4n) is 1.56. The molecule has 0 aliphatic heterocycles. The van der Waals surface area contributed by atoms with Crippen molar-refractivity contribution >= 4 is 19.0 Å². The van der Waals surface area contributed by atoms with Crippen LogP contribution in [0.2, 0.25) is 0 Å². The van der Waals surface area contributed by atoms with Gasteiger partial charge < -0.3 is 9.38 Å². The van der Waals surface area contributed by atoms with Crippen molar-refractivity contribution in [2.75, 3.05) is 28.2 Å². The molecule has 0 saturated heterocycles. The molecule has 0 spiro atoms. The number of hydrogen-bond acceptors (Lipinski definition) is 1. The van der Waals surface area contributed by atoms with Crippen LogP contribution in [0.1, 0.15) is 11.1 Å². The molecule has 0 saturated carbocycles. The number of hydrogen-bond donors (Lipinski definition) is 0. The van der Waals surface area contributed by atoms with Crippen molar-refractivity contribution in [2.45, 2.75) is 13.1 Å². The predicted octanol–water partition coefficient (Wildman–Crippen LogP) is 2.80. The zero-order chi connectivity index (χ0) is 13.5. The molecule has 0 aliphatic rings. The first-order valence-electron chi connectivity index (χ1n) is 5.30. The monoisotopic (exact) mass is 529 g/mol. The van der Waals surface area contributed by atoms with Crippen LogP contribution in [0.15, 0.2) is 18.2 Å². The van der Waals surface area contributed by atoms with Crippen LogP contribution in [-0.2, 0) is 30.3 Å². The molecule has 0 aromatic heterocycles. The van der Waals surface area contributed by atoms with E-state index < -0.39 is 0 Å².